The first-order valence-corrected chi connectivity index (χ1v) is 8.51. The normalized spacial score (nSPS) is 13.1. The molecule has 0 heterocycles. The van der Waals surface area contributed by atoms with Crippen LogP contribution in [0.3, 0.4) is 0 Å². The van der Waals surface area contributed by atoms with E-state index < -0.39 is 35.1 Å². The molecule has 0 aromatic heterocycles. The predicted molar refractivity (Wildman–Crippen MR) is 94.5 cm³/mol. The molecule has 132 valence electrons. The molecule has 2 unspecified atom stereocenters. The van der Waals surface area contributed by atoms with E-state index in [1.807, 2.05) is 0 Å². The van der Waals surface area contributed by atoms with Crippen molar-refractivity contribution in [3.8, 4) is 0 Å². The monoisotopic (exact) mass is 409 g/mol. The van der Waals surface area contributed by atoms with Gasteiger partial charge in [0.1, 0.15) is 5.82 Å². The average Bonchev–Trinajstić information content (AvgIpc) is 2.56. The van der Waals surface area contributed by atoms with Crippen LogP contribution in [-0.2, 0) is 9.53 Å². The van der Waals surface area contributed by atoms with Crippen LogP contribution in [0.4, 0.5) is 4.39 Å². The van der Waals surface area contributed by atoms with Crippen LogP contribution in [0.2, 0.25) is 0 Å². The average molecular weight is 410 g/mol. The number of hydrogen-bond acceptors (Lipinski definition) is 4. The Balaban J connectivity index is 2.56. The van der Waals surface area contributed by atoms with Crippen molar-refractivity contribution in [1.29, 1.82) is 0 Å². The van der Waals surface area contributed by atoms with Crippen molar-refractivity contribution in [2.75, 3.05) is 13.2 Å². The van der Waals surface area contributed by atoms with E-state index in [1.165, 1.54) is 18.2 Å². The quantitative estimate of drug-likeness (QED) is 0.388. The Morgan fingerprint density at radius 2 is 1.88 bits per heavy atom. The standard InChI is InChI=1S/C18H17BrFNO4/c1-2-25-18(22)17(14-5-3-4-6-16(14)20)15(11-21(23)24)12-7-9-13(19)10-8-12/h3-10,15,17H,2,11H2,1H3. The molecule has 2 aromatic rings. The van der Waals surface area contributed by atoms with Gasteiger partial charge in [-0.25, -0.2) is 4.39 Å². The van der Waals surface area contributed by atoms with Crippen LogP contribution in [0.25, 0.3) is 0 Å². The molecular formula is C18H17BrFNO4. The molecule has 7 heteroatoms. The van der Waals surface area contributed by atoms with Gasteiger partial charge in [-0.15, -0.1) is 0 Å². The van der Waals surface area contributed by atoms with Crippen molar-refractivity contribution in [2.24, 2.45) is 0 Å². The minimum absolute atomic E-state index is 0.0933. The number of esters is 1. The summed E-state index contributed by atoms with van der Waals surface area (Å²) in [5.41, 5.74) is 0.664. The summed E-state index contributed by atoms with van der Waals surface area (Å²) in [6, 6.07) is 12.6. The van der Waals surface area contributed by atoms with E-state index in [-0.39, 0.29) is 12.2 Å². The van der Waals surface area contributed by atoms with Gasteiger partial charge in [0.25, 0.3) is 0 Å². The van der Waals surface area contributed by atoms with Crippen LogP contribution in [0.1, 0.15) is 29.9 Å². The van der Waals surface area contributed by atoms with E-state index >= 15 is 0 Å². The van der Waals surface area contributed by atoms with Crippen molar-refractivity contribution >= 4 is 21.9 Å². The zero-order valence-electron chi connectivity index (χ0n) is 13.5. The molecule has 0 aliphatic heterocycles. The second-order valence-corrected chi connectivity index (χ2v) is 6.34. The zero-order valence-corrected chi connectivity index (χ0v) is 15.1. The molecule has 0 saturated heterocycles. The van der Waals surface area contributed by atoms with E-state index in [4.69, 9.17) is 4.74 Å². The van der Waals surface area contributed by atoms with Gasteiger partial charge in [0.05, 0.1) is 18.4 Å². The third kappa shape index (κ3) is 4.85. The number of ether oxygens (including phenoxy) is 1. The fraction of sp³-hybridized carbons (Fsp3) is 0.278. The van der Waals surface area contributed by atoms with Gasteiger partial charge in [0.15, 0.2) is 0 Å². The first-order valence-electron chi connectivity index (χ1n) is 7.72. The van der Waals surface area contributed by atoms with E-state index in [0.717, 1.165) is 4.47 Å². The molecule has 0 aliphatic rings. The SMILES string of the molecule is CCOC(=O)C(c1ccccc1F)C(C[N+](=O)[O-])c1ccc(Br)cc1. The van der Waals surface area contributed by atoms with Gasteiger partial charge in [0, 0.05) is 15.0 Å². The number of carbonyl (C=O) groups excluding carboxylic acids is 1. The first-order chi connectivity index (χ1) is 11.9. The van der Waals surface area contributed by atoms with Crippen LogP contribution in [0.15, 0.2) is 53.0 Å². The number of benzene rings is 2. The lowest BCUT2D eigenvalue weighted by Crippen LogP contribution is -2.28. The van der Waals surface area contributed by atoms with Gasteiger partial charge in [-0.1, -0.05) is 46.3 Å². The summed E-state index contributed by atoms with van der Waals surface area (Å²) in [4.78, 5) is 23.2. The summed E-state index contributed by atoms with van der Waals surface area (Å²) in [6.07, 6.45) is 0. The lowest BCUT2D eigenvalue weighted by atomic mass is 9.81. The summed E-state index contributed by atoms with van der Waals surface area (Å²) in [5.74, 6) is -3.22. The molecule has 2 aromatic carbocycles. The second kappa shape index (κ2) is 8.71. The van der Waals surface area contributed by atoms with Crippen LogP contribution >= 0.6 is 15.9 Å². The molecule has 5 nitrogen and oxygen atoms in total. The highest BCUT2D eigenvalue weighted by Gasteiger charge is 2.37. The second-order valence-electron chi connectivity index (χ2n) is 5.42. The minimum atomic E-state index is -1.10. The van der Waals surface area contributed by atoms with Gasteiger partial charge >= 0.3 is 5.97 Å². The van der Waals surface area contributed by atoms with E-state index in [2.05, 4.69) is 15.9 Å². The summed E-state index contributed by atoms with van der Waals surface area (Å²) < 4.78 is 20.2. The maximum atomic E-state index is 14.3. The molecule has 0 radical (unpaired) electrons. The zero-order chi connectivity index (χ0) is 18.4. The molecule has 25 heavy (non-hydrogen) atoms. The van der Waals surface area contributed by atoms with Gasteiger partial charge < -0.3 is 4.74 Å². The summed E-state index contributed by atoms with van der Waals surface area (Å²) in [6.45, 7) is 1.23. The molecule has 0 bridgehead atoms. The molecule has 0 aliphatic carbocycles. The highest BCUT2D eigenvalue weighted by Crippen LogP contribution is 2.36. The molecule has 0 spiro atoms. The molecule has 0 fully saturated rings. The summed E-state index contributed by atoms with van der Waals surface area (Å²) in [7, 11) is 0. The van der Waals surface area contributed by atoms with Crippen molar-refractivity contribution in [1.82, 2.24) is 0 Å². The topological polar surface area (TPSA) is 69.4 Å². The van der Waals surface area contributed by atoms with Crippen LogP contribution < -0.4 is 0 Å². The van der Waals surface area contributed by atoms with Crippen LogP contribution in [0.5, 0.6) is 0 Å². The summed E-state index contributed by atoms with van der Waals surface area (Å²) in [5, 5.41) is 11.2. The molecule has 2 atom stereocenters. The maximum Gasteiger partial charge on any atom is 0.314 e. The van der Waals surface area contributed by atoms with Crippen molar-refractivity contribution in [3.63, 3.8) is 0 Å². The van der Waals surface area contributed by atoms with E-state index in [9.17, 15) is 19.3 Å². The summed E-state index contributed by atoms with van der Waals surface area (Å²) >= 11 is 3.31. The largest absolute Gasteiger partial charge is 0.465 e. The molecule has 0 N–H and O–H groups in total. The molecule has 0 saturated carbocycles. The Bertz CT molecular complexity index is 751. The Morgan fingerprint density at radius 1 is 1.24 bits per heavy atom. The van der Waals surface area contributed by atoms with Crippen molar-refractivity contribution in [3.05, 3.63) is 80.1 Å². The Labute approximate surface area is 153 Å². The highest BCUT2D eigenvalue weighted by molar-refractivity contribution is 9.10. The minimum Gasteiger partial charge on any atom is -0.465 e. The molecule has 0 amide bonds. The van der Waals surface area contributed by atoms with Crippen molar-refractivity contribution in [2.45, 2.75) is 18.8 Å². The first kappa shape index (κ1) is 19.1. The Morgan fingerprint density at radius 3 is 2.44 bits per heavy atom. The Kier molecular flexibility index (Phi) is 6.64. The number of nitro groups is 1. The number of hydrogen-bond donors (Lipinski definition) is 0. The van der Waals surface area contributed by atoms with Gasteiger partial charge in [-0.05, 0) is 30.7 Å². The molecule has 2 rings (SSSR count). The maximum absolute atomic E-state index is 14.3. The lowest BCUT2D eigenvalue weighted by molar-refractivity contribution is -0.483. The van der Waals surface area contributed by atoms with Crippen LogP contribution in [0, 0.1) is 15.9 Å². The lowest BCUT2D eigenvalue weighted by Gasteiger charge is -2.24. The number of rotatable bonds is 7. The third-order valence-corrected chi connectivity index (χ3v) is 4.36. The van der Waals surface area contributed by atoms with E-state index in [0.29, 0.717) is 5.56 Å². The third-order valence-electron chi connectivity index (χ3n) is 3.83. The smallest absolute Gasteiger partial charge is 0.314 e. The van der Waals surface area contributed by atoms with Crippen LogP contribution in [-0.4, -0.2) is 24.0 Å². The Hall–Kier alpha value is -2.28. The number of halogens is 2. The fourth-order valence-corrected chi connectivity index (χ4v) is 3.01. The van der Waals surface area contributed by atoms with E-state index in [1.54, 1.807) is 37.3 Å². The predicted octanol–water partition coefficient (Wildman–Crippen LogP) is 4.30. The fourth-order valence-electron chi connectivity index (χ4n) is 2.74. The van der Waals surface area contributed by atoms with Gasteiger partial charge in [0.2, 0.25) is 6.54 Å². The van der Waals surface area contributed by atoms with Crippen molar-refractivity contribution < 1.29 is 18.8 Å². The van der Waals surface area contributed by atoms with Gasteiger partial charge in [-0.2, -0.15) is 0 Å². The highest BCUT2D eigenvalue weighted by atomic mass is 79.9. The molecular weight excluding hydrogens is 393 g/mol. The van der Waals surface area contributed by atoms with Gasteiger partial charge in [-0.3, -0.25) is 14.9 Å². The number of nitrogens with zero attached hydrogens (tertiary/aromatic N) is 1. The number of carbonyl (C=O) groups is 1.